The third-order valence-corrected chi connectivity index (χ3v) is 7.13. The smallest absolute Gasteiger partial charge is 0.296 e. The third-order valence-electron chi connectivity index (χ3n) is 5.83. The largest absolute Gasteiger partial charge is 0.299 e. The van der Waals surface area contributed by atoms with E-state index in [2.05, 4.69) is 17.0 Å². The summed E-state index contributed by atoms with van der Waals surface area (Å²) >= 11 is 0. The Hall–Kier alpha value is -2.54. The average Bonchev–Trinajstić information content (AvgIpc) is 2.80. The Bertz CT molecular complexity index is 1070. The molecule has 4 nitrogen and oxygen atoms in total. The van der Waals surface area contributed by atoms with Crippen LogP contribution in [0.5, 0.6) is 0 Å². The van der Waals surface area contributed by atoms with Crippen LogP contribution in [-0.2, 0) is 20.8 Å². The van der Waals surface area contributed by atoms with Crippen molar-refractivity contribution >= 4 is 10.1 Å². The predicted octanol–water partition coefficient (Wildman–Crippen LogP) is 4.84. The van der Waals surface area contributed by atoms with Gasteiger partial charge in [0, 0.05) is 19.0 Å². The van der Waals surface area contributed by atoms with Crippen LogP contribution in [0.2, 0.25) is 0 Å². The Labute approximate surface area is 183 Å². The number of piperidine rings is 1. The molecular weight excluding hydrogens is 413 g/mol. The van der Waals surface area contributed by atoms with Gasteiger partial charge in [0.25, 0.3) is 10.1 Å². The van der Waals surface area contributed by atoms with Crippen LogP contribution in [0, 0.1) is 11.7 Å². The summed E-state index contributed by atoms with van der Waals surface area (Å²) in [6.07, 6.45) is 0.859. The van der Waals surface area contributed by atoms with Gasteiger partial charge < -0.3 is 0 Å². The lowest BCUT2D eigenvalue weighted by molar-refractivity contribution is 0.108. The fourth-order valence-electron chi connectivity index (χ4n) is 4.24. The SMILES string of the molecule is O=S(=O)(OCC1CN(Cc2ccccc2)CCC1c1ccc(F)cc1)c1ccccc1. The van der Waals surface area contributed by atoms with Crippen molar-refractivity contribution in [2.75, 3.05) is 19.7 Å². The Balaban J connectivity index is 1.51. The molecule has 1 heterocycles. The first kappa shape index (κ1) is 21.7. The molecule has 0 spiro atoms. The van der Waals surface area contributed by atoms with Gasteiger partial charge >= 0.3 is 0 Å². The molecule has 6 heteroatoms. The van der Waals surface area contributed by atoms with Gasteiger partial charge in [-0.15, -0.1) is 0 Å². The van der Waals surface area contributed by atoms with Crippen molar-refractivity contribution in [1.29, 1.82) is 0 Å². The number of hydrogen-bond donors (Lipinski definition) is 0. The van der Waals surface area contributed by atoms with Crippen LogP contribution in [0.15, 0.2) is 89.8 Å². The Morgan fingerprint density at radius 3 is 2.23 bits per heavy atom. The van der Waals surface area contributed by atoms with Gasteiger partial charge in [-0.1, -0.05) is 60.7 Å². The predicted molar refractivity (Wildman–Crippen MR) is 119 cm³/mol. The molecule has 31 heavy (non-hydrogen) atoms. The maximum Gasteiger partial charge on any atom is 0.296 e. The summed E-state index contributed by atoms with van der Waals surface area (Å²) in [5.41, 5.74) is 2.24. The van der Waals surface area contributed by atoms with Gasteiger partial charge in [-0.25, -0.2) is 4.39 Å². The number of benzene rings is 3. The zero-order valence-corrected chi connectivity index (χ0v) is 18.0. The molecule has 0 radical (unpaired) electrons. The first-order chi connectivity index (χ1) is 15.0. The molecule has 162 valence electrons. The molecule has 0 amide bonds. The van der Waals surface area contributed by atoms with Crippen LogP contribution in [0.4, 0.5) is 4.39 Å². The minimum atomic E-state index is -3.83. The number of likely N-dealkylation sites (tertiary alicyclic amines) is 1. The van der Waals surface area contributed by atoms with Crippen LogP contribution in [0.3, 0.4) is 0 Å². The van der Waals surface area contributed by atoms with Crippen molar-refractivity contribution in [2.45, 2.75) is 23.8 Å². The van der Waals surface area contributed by atoms with E-state index < -0.39 is 10.1 Å². The van der Waals surface area contributed by atoms with Crippen molar-refractivity contribution in [2.24, 2.45) is 5.92 Å². The highest BCUT2D eigenvalue weighted by molar-refractivity contribution is 7.86. The van der Waals surface area contributed by atoms with Crippen molar-refractivity contribution in [3.8, 4) is 0 Å². The fourth-order valence-corrected chi connectivity index (χ4v) is 5.22. The molecule has 3 aromatic carbocycles. The molecule has 1 saturated heterocycles. The second-order valence-corrected chi connectivity index (χ2v) is 9.59. The molecule has 1 aliphatic heterocycles. The summed E-state index contributed by atoms with van der Waals surface area (Å²) < 4.78 is 44.2. The highest BCUT2D eigenvalue weighted by Crippen LogP contribution is 2.34. The van der Waals surface area contributed by atoms with Crippen molar-refractivity contribution in [3.63, 3.8) is 0 Å². The number of halogens is 1. The fraction of sp³-hybridized carbons (Fsp3) is 0.280. The van der Waals surface area contributed by atoms with Gasteiger partial charge in [0.15, 0.2) is 0 Å². The molecular formula is C25H26FNO3S. The maximum atomic E-state index is 13.4. The van der Waals surface area contributed by atoms with Crippen LogP contribution in [0.25, 0.3) is 0 Å². The lowest BCUT2D eigenvalue weighted by atomic mass is 9.81. The van der Waals surface area contributed by atoms with Gasteiger partial charge in [0.2, 0.25) is 0 Å². The second kappa shape index (κ2) is 9.73. The number of hydrogen-bond acceptors (Lipinski definition) is 4. The molecule has 3 aromatic rings. The topological polar surface area (TPSA) is 46.6 Å². The Morgan fingerprint density at radius 2 is 1.55 bits per heavy atom. The van der Waals surface area contributed by atoms with E-state index >= 15 is 0 Å². The molecule has 0 bridgehead atoms. The molecule has 4 rings (SSSR count). The van der Waals surface area contributed by atoms with Crippen molar-refractivity contribution < 1.29 is 17.0 Å². The normalized spacial score (nSPS) is 19.9. The maximum absolute atomic E-state index is 13.4. The summed E-state index contributed by atoms with van der Waals surface area (Å²) in [5, 5.41) is 0. The molecule has 1 aliphatic rings. The second-order valence-electron chi connectivity index (χ2n) is 7.98. The minimum Gasteiger partial charge on any atom is -0.299 e. The summed E-state index contributed by atoms with van der Waals surface area (Å²) in [5.74, 6) is -0.190. The van der Waals surface area contributed by atoms with Crippen LogP contribution in [-0.4, -0.2) is 33.0 Å². The summed E-state index contributed by atoms with van der Waals surface area (Å²) in [7, 11) is -3.83. The summed E-state index contributed by atoms with van der Waals surface area (Å²) in [6, 6.07) is 25.0. The van der Waals surface area contributed by atoms with E-state index in [0.29, 0.717) is 6.54 Å². The first-order valence-corrected chi connectivity index (χ1v) is 11.9. The monoisotopic (exact) mass is 439 g/mol. The molecule has 0 aliphatic carbocycles. The number of nitrogens with zero attached hydrogens (tertiary/aromatic N) is 1. The molecule has 1 fully saturated rings. The molecule has 0 aromatic heterocycles. The van der Waals surface area contributed by atoms with E-state index in [1.165, 1.54) is 29.8 Å². The van der Waals surface area contributed by atoms with Crippen LogP contribution < -0.4 is 0 Å². The standard InChI is InChI=1S/C25H26FNO3S/c26-23-13-11-21(12-14-23)25-15-16-27(17-20-7-3-1-4-8-20)18-22(25)19-30-31(28,29)24-9-5-2-6-10-24/h1-14,22,25H,15-19H2. The Morgan fingerprint density at radius 1 is 0.903 bits per heavy atom. The zero-order valence-electron chi connectivity index (χ0n) is 17.2. The van der Waals surface area contributed by atoms with E-state index in [1.807, 2.05) is 18.2 Å². The van der Waals surface area contributed by atoms with Crippen LogP contribution >= 0.6 is 0 Å². The Kier molecular flexibility index (Phi) is 6.80. The van der Waals surface area contributed by atoms with Crippen molar-refractivity contribution in [3.05, 3.63) is 102 Å². The minimum absolute atomic E-state index is 0.0265. The van der Waals surface area contributed by atoms with E-state index in [4.69, 9.17) is 4.18 Å². The molecule has 0 N–H and O–H groups in total. The highest BCUT2D eigenvalue weighted by Gasteiger charge is 2.32. The van der Waals surface area contributed by atoms with Gasteiger partial charge in [-0.05, 0) is 54.3 Å². The quantitative estimate of drug-likeness (QED) is 0.495. The van der Waals surface area contributed by atoms with Crippen LogP contribution in [0.1, 0.15) is 23.5 Å². The van der Waals surface area contributed by atoms with E-state index in [9.17, 15) is 12.8 Å². The zero-order chi connectivity index (χ0) is 21.7. The lowest BCUT2D eigenvalue weighted by Gasteiger charge is -2.38. The highest BCUT2D eigenvalue weighted by atomic mass is 32.2. The van der Waals surface area contributed by atoms with E-state index in [-0.39, 0.29) is 29.2 Å². The molecule has 2 atom stereocenters. The third kappa shape index (κ3) is 5.58. The van der Waals surface area contributed by atoms with E-state index in [0.717, 1.165) is 25.1 Å². The number of rotatable bonds is 7. The average molecular weight is 440 g/mol. The van der Waals surface area contributed by atoms with Crippen molar-refractivity contribution in [1.82, 2.24) is 4.90 Å². The lowest BCUT2D eigenvalue weighted by Crippen LogP contribution is -2.41. The summed E-state index contributed by atoms with van der Waals surface area (Å²) in [6.45, 7) is 2.49. The summed E-state index contributed by atoms with van der Waals surface area (Å²) in [4.78, 5) is 2.49. The van der Waals surface area contributed by atoms with Gasteiger partial charge in [0.1, 0.15) is 5.82 Å². The van der Waals surface area contributed by atoms with Gasteiger partial charge in [0.05, 0.1) is 11.5 Å². The van der Waals surface area contributed by atoms with Gasteiger partial charge in [-0.3, -0.25) is 9.08 Å². The first-order valence-electron chi connectivity index (χ1n) is 10.5. The molecule has 2 unspecified atom stereocenters. The van der Waals surface area contributed by atoms with Gasteiger partial charge in [-0.2, -0.15) is 8.42 Å². The molecule has 0 saturated carbocycles. The van der Waals surface area contributed by atoms with E-state index in [1.54, 1.807) is 30.3 Å².